The first-order valence-electron chi connectivity index (χ1n) is 8.52. The first kappa shape index (κ1) is 17.2. The van der Waals surface area contributed by atoms with Gasteiger partial charge in [-0.25, -0.2) is 0 Å². The summed E-state index contributed by atoms with van der Waals surface area (Å²) in [6.45, 7) is 5.37. The summed E-state index contributed by atoms with van der Waals surface area (Å²) in [5.74, 6) is 0.0858. The summed E-state index contributed by atoms with van der Waals surface area (Å²) in [5, 5.41) is 22.0. The Morgan fingerprint density at radius 2 is 1.88 bits per heavy atom. The Bertz CT molecular complexity index is 819. The smallest absolute Gasteiger partial charge is 0.161 e. The van der Waals surface area contributed by atoms with Crippen LogP contribution in [0.5, 0.6) is 0 Å². The van der Waals surface area contributed by atoms with Crippen LogP contribution in [0.15, 0.2) is 18.2 Å². The highest BCUT2D eigenvalue weighted by Crippen LogP contribution is 2.32. The van der Waals surface area contributed by atoms with Gasteiger partial charge in [0.25, 0.3) is 0 Å². The fourth-order valence-electron chi connectivity index (χ4n) is 3.53. The van der Waals surface area contributed by atoms with Crippen LogP contribution in [0.4, 0.5) is 0 Å². The van der Waals surface area contributed by atoms with Crippen molar-refractivity contribution in [1.29, 1.82) is 10.5 Å². The lowest BCUT2D eigenvalue weighted by Gasteiger charge is -2.36. The molecule has 1 N–H and O–H groups in total. The maximum Gasteiger partial charge on any atom is 0.161 e. The predicted molar refractivity (Wildman–Crippen MR) is 93.3 cm³/mol. The van der Waals surface area contributed by atoms with E-state index in [1.807, 2.05) is 0 Å². The summed E-state index contributed by atoms with van der Waals surface area (Å²) < 4.78 is 5.33. The third-order valence-electron chi connectivity index (χ3n) is 4.79. The van der Waals surface area contributed by atoms with Crippen molar-refractivity contribution in [3.63, 3.8) is 0 Å². The third kappa shape index (κ3) is 3.57. The fraction of sp³-hybridized carbons (Fsp3) is 0.450. The van der Waals surface area contributed by atoms with Gasteiger partial charge in [-0.05, 0) is 50.8 Å². The van der Waals surface area contributed by atoms with Gasteiger partial charge in [0.15, 0.2) is 5.78 Å². The summed E-state index contributed by atoms with van der Waals surface area (Å²) in [6.07, 6.45) is 3.89. The molecular formula is C20H21N3O2. The van der Waals surface area contributed by atoms with Crippen molar-refractivity contribution in [2.24, 2.45) is 5.92 Å². The minimum atomic E-state index is -0.227. The highest BCUT2D eigenvalue weighted by molar-refractivity contribution is 5.98. The van der Waals surface area contributed by atoms with Crippen LogP contribution in [-0.2, 0) is 16.0 Å². The summed E-state index contributed by atoms with van der Waals surface area (Å²) in [4.78, 5) is 12.7. The van der Waals surface area contributed by atoms with Crippen molar-refractivity contribution in [2.45, 2.75) is 38.6 Å². The lowest BCUT2D eigenvalue weighted by Crippen LogP contribution is -2.44. The second-order valence-corrected chi connectivity index (χ2v) is 7.31. The predicted octanol–water partition coefficient (Wildman–Crippen LogP) is 2.69. The van der Waals surface area contributed by atoms with Crippen LogP contribution in [-0.4, -0.2) is 24.5 Å². The molecule has 128 valence electrons. The minimum absolute atomic E-state index is 0.00893. The number of ketones is 1. The average Bonchev–Trinajstić information content (AvgIpc) is 2.60. The molecule has 1 saturated heterocycles. The van der Waals surface area contributed by atoms with Gasteiger partial charge < -0.3 is 10.1 Å². The number of allylic oxidation sites excluding steroid dienone is 1. The number of ether oxygens (including phenoxy) is 1. The van der Waals surface area contributed by atoms with Crippen LogP contribution in [0.1, 0.15) is 48.9 Å². The first-order valence-corrected chi connectivity index (χ1v) is 8.52. The molecule has 0 unspecified atom stereocenters. The van der Waals surface area contributed by atoms with Crippen molar-refractivity contribution < 1.29 is 9.53 Å². The van der Waals surface area contributed by atoms with Gasteiger partial charge in [-0.2, -0.15) is 10.5 Å². The Morgan fingerprint density at radius 1 is 1.24 bits per heavy atom. The number of rotatable bonds is 2. The third-order valence-corrected chi connectivity index (χ3v) is 4.79. The van der Waals surface area contributed by atoms with Gasteiger partial charge in [0, 0.05) is 42.0 Å². The van der Waals surface area contributed by atoms with Crippen LogP contribution >= 0.6 is 0 Å². The van der Waals surface area contributed by atoms with E-state index in [0.717, 1.165) is 36.1 Å². The van der Waals surface area contributed by atoms with E-state index < -0.39 is 0 Å². The quantitative estimate of drug-likeness (QED) is 0.840. The summed E-state index contributed by atoms with van der Waals surface area (Å²) in [5.41, 5.74) is 3.07. The molecule has 3 rings (SSSR count). The number of hydrogen-bond acceptors (Lipinski definition) is 5. The molecule has 2 heterocycles. The molecule has 2 aliphatic heterocycles. The molecule has 25 heavy (non-hydrogen) atoms. The Morgan fingerprint density at radius 3 is 2.52 bits per heavy atom. The Balaban J connectivity index is 2.03. The normalized spacial score (nSPS) is 20.9. The number of nitriles is 2. The number of benzene rings is 1. The standard InChI is InChI=1S/C20H21N3O2/c1-20(2)10-14-7-15(11-21)16(12-22)8-17(14)18(23-20)9-19(24)13-3-5-25-6-4-13/h7-9,13,23H,3-6,10H2,1-2H3/b18-9-. The van der Waals surface area contributed by atoms with Gasteiger partial charge in [-0.1, -0.05) is 0 Å². The number of carbonyl (C=O) groups is 1. The average molecular weight is 335 g/mol. The van der Waals surface area contributed by atoms with Crippen molar-refractivity contribution >= 4 is 11.5 Å². The number of hydrogen-bond donors (Lipinski definition) is 1. The molecule has 0 amide bonds. The Kier molecular flexibility index (Phi) is 4.61. The second kappa shape index (κ2) is 6.70. The van der Waals surface area contributed by atoms with Crippen LogP contribution in [0.2, 0.25) is 0 Å². The van der Waals surface area contributed by atoms with Crippen LogP contribution in [0.25, 0.3) is 5.70 Å². The molecule has 0 spiro atoms. The van der Waals surface area contributed by atoms with Crippen molar-refractivity contribution in [3.8, 4) is 12.1 Å². The van der Waals surface area contributed by atoms with E-state index >= 15 is 0 Å². The molecule has 1 aromatic carbocycles. The highest BCUT2D eigenvalue weighted by Gasteiger charge is 2.30. The molecular weight excluding hydrogens is 314 g/mol. The Hall–Kier alpha value is -2.63. The first-order chi connectivity index (χ1) is 11.9. The fourth-order valence-corrected chi connectivity index (χ4v) is 3.53. The molecule has 0 atom stereocenters. The number of carbonyl (C=O) groups excluding carboxylic acids is 1. The molecule has 0 saturated carbocycles. The molecule has 5 heteroatoms. The summed E-state index contributed by atoms with van der Waals surface area (Å²) >= 11 is 0. The van der Waals surface area contributed by atoms with Gasteiger partial charge in [0.2, 0.25) is 0 Å². The topological polar surface area (TPSA) is 85.9 Å². The maximum atomic E-state index is 12.7. The van der Waals surface area contributed by atoms with Gasteiger partial charge in [0.05, 0.1) is 11.1 Å². The minimum Gasteiger partial charge on any atom is -0.381 e. The molecule has 0 aliphatic carbocycles. The monoisotopic (exact) mass is 335 g/mol. The van der Waals surface area contributed by atoms with E-state index in [9.17, 15) is 15.3 Å². The molecule has 0 aromatic heterocycles. The molecule has 1 aromatic rings. The number of fused-ring (bicyclic) bond motifs is 1. The molecule has 2 aliphatic rings. The summed E-state index contributed by atoms with van der Waals surface area (Å²) in [7, 11) is 0. The van der Waals surface area contributed by atoms with Crippen LogP contribution < -0.4 is 5.32 Å². The summed E-state index contributed by atoms with van der Waals surface area (Å²) in [6, 6.07) is 7.67. The second-order valence-electron chi connectivity index (χ2n) is 7.31. The number of nitrogens with zero attached hydrogens (tertiary/aromatic N) is 2. The molecule has 0 radical (unpaired) electrons. The largest absolute Gasteiger partial charge is 0.381 e. The number of nitrogens with one attached hydrogen (secondary N) is 1. The maximum absolute atomic E-state index is 12.7. The zero-order chi connectivity index (χ0) is 18.0. The van der Waals surface area contributed by atoms with Crippen molar-refractivity contribution in [3.05, 3.63) is 40.5 Å². The van der Waals surface area contributed by atoms with Crippen molar-refractivity contribution in [2.75, 3.05) is 13.2 Å². The van der Waals surface area contributed by atoms with Gasteiger partial charge in [-0.15, -0.1) is 0 Å². The lowest BCUT2D eigenvalue weighted by molar-refractivity contribution is -0.120. The van der Waals surface area contributed by atoms with Gasteiger partial charge >= 0.3 is 0 Å². The van der Waals surface area contributed by atoms with Crippen molar-refractivity contribution in [1.82, 2.24) is 5.32 Å². The molecule has 5 nitrogen and oxygen atoms in total. The van der Waals surface area contributed by atoms with E-state index in [0.29, 0.717) is 24.3 Å². The van der Waals surface area contributed by atoms with E-state index in [2.05, 4.69) is 31.3 Å². The van der Waals surface area contributed by atoms with E-state index in [1.165, 1.54) is 0 Å². The van der Waals surface area contributed by atoms with E-state index in [-0.39, 0.29) is 17.2 Å². The molecule has 0 bridgehead atoms. The zero-order valence-electron chi connectivity index (χ0n) is 14.6. The lowest BCUT2D eigenvalue weighted by atomic mass is 9.83. The SMILES string of the molecule is CC1(C)Cc2cc(C#N)c(C#N)cc2/C(=C/C(=O)C2CCOCC2)N1. The Labute approximate surface area is 147 Å². The van der Waals surface area contributed by atoms with Crippen LogP contribution in [0.3, 0.4) is 0 Å². The highest BCUT2D eigenvalue weighted by atomic mass is 16.5. The molecule has 1 fully saturated rings. The van der Waals surface area contributed by atoms with Crippen LogP contribution in [0, 0.1) is 28.6 Å². The van der Waals surface area contributed by atoms with E-state index in [1.54, 1.807) is 18.2 Å². The van der Waals surface area contributed by atoms with Gasteiger partial charge in [-0.3, -0.25) is 4.79 Å². The van der Waals surface area contributed by atoms with E-state index in [4.69, 9.17) is 4.74 Å². The van der Waals surface area contributed by atoms with Gasteiger partial charge in [0.1, 0.15) is 12.1 Å². The zero-order valence-corrected chi connectivity index (χ0v) is 14.6.